The van der Waals surface area contributed by atoms with Crippen molar-refractivity contribution < 1.29 is 22.3 Å². The van der Waals surface area contributed by atoms with Crippen molar-refractivity contribution in [3.05, 3.63) is 78.2 Å². The summed E-state index contributed by atoms with van der Waals surface area (Å²) in [5.41, 5.74) is 2.57. The first-order valence-corrected chi connectivity index (χ1v) is 13.4. The van der Waals surface area contributed by atoms with Gasteiger partial charge in [-0.2, -0.15) is 0 Å². The van der Waals surface area contributed by atoms with Gasteiger partial charge in [0.25, 0.3) is 0 Å². The van der Waals surface area contributed by atoms with Crippen LogP contribution in [0.15, 0.2) is 71.8 Å². The third-order valence-electron chi connectivity index (χ3n) is 6.59. The van der Waals surface area contributed by atoms with E-state index in [2.05, 4.69) is 15.0 Å². The van der Waals surface area contributed by atoms with Crippen molar-refractivity contribution in [3.8, 4) is 17.0 Å². The summed E-state index contributed by atoms with van der Waals surface area (Å²) in [6.07, 6.45) is 3.99. The van der Waals surface area contributed by atoms with Crippen molar-refractivity contribution in [3.63, 3.8) is 0 Å². The van der Waals surface area contributed by atoms with Gasteiger partial charge < -0.3 is 10.1 Å². The Kier molecular flexibility index (Phi) is 8.01. The number of amides is 1. The number of rotatable bonds is 8. The number of pyridine rings is 1. The highest BCUT2D eigenvalue weighted by atomic mass is 32.2. The van der Waals surface area contributed by atoms with Crippen LogP contribution in [0.25, 0.3) is 11.1 Å². The summed E-state index contributed by atoms with van der Waals surface area (Å²) < 4.78 is 47.0. The number of sulfonamides is 1. The maximum absolute atomic E-state index is 13.1. The molecular weight excluding hydrogens is 481 g/mol. The zero-order valence-electron chi connectivity index (χ0n) is 20.3. The predicted molar refractivity (Wildman–Crippen MR) is 135 cm³/mol. The maximum atomic E-state index is 13.1. The molecule has 1 fully saturated rings. The second-order valence-corrected chi connectivity index (χ2v) is 10.8. The molecule has 1 atom stereocenters. The van der Waals surface area contributed by atoms with E-state index in [4.69, 9.17) is 4.74 Å². The number of nitrogens with zero attached hydrogens (tertiary/aromatic N) is 1. The normalized spacial score (nSPS) is 18.9. The first-order chi connectivity index (χ1) is 17.2. The molecule has 7 nitrogen and oxygen atoms in total. The molecule has 2 aromatic carbocycles. The highest BCUT2D eigenvalue weighted by molar-refractivity contribution is 7.89. The molecule has 36 heavy (non-hydrogen) atoms. The second-order valence-electron chi connectivity index (χ2n) is 9.06. The van der Waals surface area contributed by atoms with E-state index < -0.39 is 10.0 Å². The van der Waals surface area contributed by atoms with Gasteiger partial charge in [0, 0.05) is 24.2 Å². The third-order valence-corrected chi connectivity index (χ3v) is 8.13. The lowest BCUT2D eigenvalue weighted by atomic mass is 9.85. The lowest BCUT2D eigenvalue weighted by Gasteiger charge is -2.29. The number of hydrogen-bond acceptors (Lipinski definition) is 5. The van der Waals surface area contributed by atoms with Crippen molar-refractivity contribution in [1.82, 2.24) is 15.0 Å². The van der Waals surface area contributed by atoms with Crippen molar-refractivity contribution in [2.45, 2.75) is 49.6 Å². The molecule has 0 bridgehead atoms. The standard InChI is InChI=1S/C27H30FN3O4S/c1-18(19-3-9-23(28)10-4-19)30-27(32)21-5-11-24(12-6-21)31-36(33,34)25-13-7-20(8-14-25)22-15-16-29-26(17-22)35-2/h3-4,7-10,13-18,21,24,31H,5-6,11-12H2,1-2H3,(H,30,32)/t18-,21?,24?/m1/s1. The minimum atomic E-state index is -3.69. The van der Waals surface area contributed by atoms with E-state index in [0.717, 1.165) is 16.7 Å². The molecule has 1 aliphatic rings. The van der Waals surface area contributed by atoms with Gasteiger partial charge in [0.05, 0.1) is 18.0 Å². The van der Waals surface area contributed by atoms with Gasteiger partial charge in [0.2, 0.25) is 21.8 Å². The van der Waals surface area contributed by atoms with Crippen molar-refractivity contribution in [2.75, 3.05) is 7.11 Å². The summed E-state index contributed by atoms with van der Waals surface area (Å²) in [7, 11) is -2.14. The smallest absolute Gasteiger partial charge is 0.240 e. The molecule has 2 N–H and O–H groups in total. The van der Waals surface area contributed by atoms with Crippen molar-refractivity contribution in [1.29, 1.82) is 0 Å². The van der Waals surface area contributed by atoms with Crippen LogP contribution in [0.2, 0.25) is 0 Å². The fourth-order valence-corrected chi connectivity index (χ4v) is 5.76. The summed E-state index contributed by atoms with van der Waals surface area (Å²) in [4.78, 5) is 17.0. The average molecular weight is 512 g/mol. The second kappa shape index (κ2) is 11.2. The van der Waals surface area contributed by atoms with Crippen LogP contribution in [0.1, 0.15) is 44.2 Å². The molecule has 9 heteroatoms. The Morgan fingerprint density at radius 3 is 2.31 bits per heavy atom. The van der Waals surface area contributed by atoms with Crippen LogP contribution in [0.5, 0.6) is 5.88 Å². The van der Waals surface area contributed by atoms with Gasteiger partial charge in [-0.25, -0.2) is 22.5 Å². The van der Waals surface area contributed by atoms with Gasteiger partial charge >= 0.3 is 0 Å². The van der Waals surface area contributed by atoms with Crippen LogP contribution in [0, 0.1) is 11.7 Å². The van der Waals surface area contributed by atoms with E-state index >= 15 is 0 Å². The summed E-state index contributed by atoms with van der Waals surface area (Å²) >= 11 is 0. The number of hydrogen-bond donors (Lipinski definition) is 2. The van der Waals surface area contributed by atoms with Crippen molar-refractivity contribution >= 4 is 15.9 Å². The number of aromatic nitrogens is 1. The van der Waals surface area contributed by atoms with Crippen LogP contribution < -0.4 is 14.8 Å². The first-order valence-electron chi connectivity index (χ1n) is 11.9. The Balaban J connectivity index is 1.31. The van der Waals surface area contributed by atoms with E-state index in [9.17, 15) is 17.6 Å². The van der Waals surface area contributed by atoms with Gasteiger partial charge in [-0.05, 0) is 79.6 Å². The van der Waals surface area contributed by atoms with E-state index in [0.29, 0.717) is 31.6 Å². The van der Waals surface area contributed by atoms with E-state index in [-0.39, 0.29) is 34.6 Å². The number of benzene rings is 2. The van der Waals surface area contributed by atoms with Crippen LogP contribution >= 0.6 is 0 Å². The lowest BCUT2D eigenvalue weighted by Crippen LogP contribution is -2.41. The summed E-state index contributed by atoms with van der Waals surface area (Å²) in [5, 5.41) is 2.99. The monoisotopic (exact) mass is 511 g/mol. The molecule has 0 unspecified atom stereocenters. The molecule has 0 aliphatic heterocycles. The Bertz CT molecular complexity index is 1290. The predicted octanol–water partition coefficient (Wildman–Crippen LogP) is 4.61. The SMILES string of the molecule is COc1cc(-c2ccc(S(=O)(=O)NC3CCC(C(=O)N[C@H](C)c4ccc(F)cc4)CC3)cc2)ccn1. The molecular formula is C27H30FN3O4S. The topological polar surface area (TPSA) is 97.4 Å². The van der Waals surface area contributed by atoms with E-state index in [1.807, 2.05) is 13.0 Å². The van der Waals surface area contributed by atoms with E-state index in [1.165, 1.54) is 12.1 Å². The lowest BCUT2D eigenvalue weighted by molar-refractivity contribution is -0.126. The van der Waals surface area contributed by atoms with Gasteiger partial charge in [-0.15, -0.1) is 0 Å². The van der Waals surface area contributed by atoms with Crippen LogP contribution in [0.3, 0.4) is 0 Å². The third kappa shape index (κ3) is 6.27. The molecule has 3 aromatic rings. The molecule has 1 saturated carbocycles. The number of halogens is 1. The Labute approximate surface area is 211 Å². The Morgan fingerprint density at radius 1 is 1.00 bits per heavy atom. The molecule has 190 valence electrons. The minimum absolute atomic E-state index is 0.0588. The van der Waals surface area contributed by atoms with E-state index in [1.54, 1.807) is 55.8 Å². The average Bonchev–Trinajstić information content (AvgIpc) is 2.89. The molecule has 4 rings (SSSR count). The number of carbonyl (C=O) groups excluding carboxylic acids is 1. The molecule has 0 spiro atoms. The van der Waals surface area contributed by atoms with Gasteiger partial charge in [-0.1, -0.05) is 24.3 Å². The fourth-order valence-electron chi connectivity index (χ4n) is 4.45. The van der Waals surface area contributed by atoms with Gasteiger partial charge in [0.15, 0.2) is 0 Å². The van der Waals surface area contributed by atoms with Gasteiger partial charge in [0.1, 0.15) is 5.82 Å². The molecule has 1 amide bonds. The highest BCUT2D eigenvalue weighted by Gasteiger charge is 2.29. The molecule has 1 heterocycles. The van der Waals surface area contributed by atoms with Crippen LogP contribution in [-0.4, -0.2) is 32.5 Å². The largest absolute Gasteiger partial charge is 0.481 e. The maximum Gasteiger partial charge on any atom is 0.240 e. The molecule has 1 aliphatic carbocycles. The van der Waals surface area contributed by atoms with Crippen LogP contribution in [-0.2, 0) is 14.8 Å². The Hall–Kier alpha value is -3.30. The Morgan fingerprint density at radius 2 is 1.67 bits per heavy atom. The van der Waals surface area contributed by atoms with Crippen LogP contribution in [0.4, 0.5) is 4.39 Å². The van der Waals surface area contributed by atoms with Gasteiger partial charge in [-0.3, -0.25) is 4.79 Å². The number of ether oxygens (including phenoxy) is 1. The quantitative estimate of drug-likeness (QED) is 0.460. The number of nitrogens with one attached hydrogen (secondary N) is 2. The fraction of sp³-hybridized carbons (Fsp3) is 0.333. The summed E-state index contributed by atoms with van der Waals surface area (Å²) in [6, 6.07) is 15.9. The number of carbonyl (C=O) groups is 1. The minimum Gasteiger partial charge on any atom is -0.481 e. The zero-order valence-corrected chi connectivity index (χ0v) is 21.1. The molecule has 0 radical (unpaired) electrons. The number of methoxy groups -OCH3 is 1. The molecule has 1 aromatic heterocycles. The summed E-state index contributed by atoms with van der Waals surface area (Å²) in [5.74, 6) is -0.0646. The van der Waals surface area contributed by atoms with Crippen molar-refractivity contribution in [2.24, 2.45) is 5.92 Å². The summed E-state index contributed by atoms with van der Waals surface area (Å²) in [6.45, 7) is 1.86. The molecule has 0 saturated heterocycles. The first kappa shape index (κ1) is 25.8. The highest BCUT2D eigenvalue weighted by Crippen LogP contribution is 2.28. The zero-order chi connectivity index (χ0) is 25.7.